The summed E-state index contributed by atoms with van der Waals surface area (Å²) in [5, 5.41) is 10.4. The minimum Gasteiger partial charge on any atom is -0.444 e. The second kappa shape index (κ2) is 9.54. The predicted molar refractivity (Wildman–Crippen MR) is 98.2 cm³/mol. The van der Waals surface area contributed by atoms with Crippen molar-refractivity contribution in [2.75, 3.05) is 13.1 Å². The number of nitrogens with two attached hydrogens (primary N) is 1. The number of hydrogen-bond acceptors (Lipinski definition) is 5. The fraction of sp³-hybridized carbons (Fsp3) is 0.529. The number of amides is 2. The standard InChI is InChI=1S/C17H27N3O5S/c1-17(2,3)25-16(22)20-12-6-4-5-11-19-15(21)13-7-9-14(10-8-13)26(18,23)24/h7-10H,4-6,11-12H2,1-3H3,(H,19,21)(H,20,22)(H2,18,23,24). The summed E-state index contributed by atoms with van der Waals surface area (Å²) in [6.45, 7) is 6.41. The first kappa shape index (κ1) is 21.9. The van der Waals surface area contributed by atoms with Crippen molar-refractivity contribution in [3.8, 4) is 0 Å². The van der Waals surface area contributed by atoms with Gasteiger partial charge in [0.05, 0.1) is 4.90 Å². The zero-order valence-corrected chi connectivity index (χ0v) is 16.2. The summed E-state index contributed by atoms with van der Waals surface area (Å²) < 4.78 is 27.5. The van der Waals surface area contributed by atoms with Gasteiger partial charge in [-0.05, 0) is 64.3 Å². The maximum Gasteiger partial charge on any atom is 0.407 e. The lowest BCUT2D eigenvalue weighted by molar-refractivity contribution is 0.0527. The molecule has 0 aliphatic carbocycles. The normalized spacial score (nSPS) is 11.7. The average molecular weight is 385 g/mol. The van der Waals surface area contributed by atoms with Crippen molar-refractivity contribution in [3.63, 3.8) is 0 Å². The van der Waals surface area contributed by atoms with E-state index in [-0.39, 0.29) is 10.8 Å². The maximum atomic E-state index is 12.0. The van der Waals surface area contributed by atoms with Gasteiger partial charge in [0, 0.05) is 18.7 Å². The molecule has 0 unspecified atom stereocenters. The molecule has 2 amide bonds. The molecule has 9 heteroatoms. The van der Waals surface area contributed by atoms with Crippen LogP contribution in [0.25, 0.3) is 0 Å². The highest BCUT2D eigenvalue weighted by atomic mass is 32.2. The van der Waals surface area contributed by atoms with E-state index in [0.717, 1.165) is 19.3 Å². The molecule has 0 radical (unpaired) electrons. The Balaban J connectivity index is 2.20. The number of nitrogens with one attached hydrogen (secondary N) is 2. The fourth-order valence-electron chi connectivity index (χ4n) is 2.03. The predicted octanol–water partition coefficient (Wildman–Crippen LogP) is 1.76. The van der Waals surface area contributed by atoms with Gasteiger partial charge in [-0.15, -0.1) is 0 Å². The van der Waals surface area contributed by atoms with Gasteiger partial charge in [-0.1, -0.05) is 0 Å². The molecule has 0 fully saturated rings. The lowest BCUT2D eigenvalue weighted by Gasteiger charge is -2.19. The first-order valence-corrected chi connectivity index (χ1v) is 9.91. The minimum atomic E-state index is -3.76. The molecule has 8 nitrogen and oxygen atoms in total. The zero-order chi connectivity index (χ0) is 19.8. The van der Waals surface area contributed by atoms with Crippen molar-refractivity contribution in [2.24, 2.45) is 5.14 Å². The molecule has 0 bridgehead atoms. The Morgan fingerprint density at radius 3 is 2.04 bits per heavy atom. The van der Waals surface area contributed by atoms with Crippen LogP contribution in [0.4, 0.5) is 4.79 Å². The third kappa shape index (κ3) is 8.82. The third-order valence-electron chi connectivity index (χ3n) is 3.25. The number of carbonyl (C=O) groups is 2. The van der Waals surface area contributed by atoms with E-state index in [1.807, 2.05) is 0 Å². The molecule has 4 N–H and O–H groups in total. The zero-order valence-electron chi connectivity index (χ0n) is 15.4. The van der Waals surface area contributed by atoms with E-state index in [9.17, 15) is 18.0 Å². The summed E-state index contributed by atoms with van der Waals surface area (Å²) in [5.74, 6) is -0.280. The van der Waals surface area contributed by atoms with Crippen LogP contribution >= 0.6 is 0 Å². The van der Waals surface area contributed by atoms with Gasteiger partial charge in [0.25, 0.3) is 5.91 Å². The van der Waals surface area contributed by atoms with Crippen LogP contribution in [0.2, 0.25) is 0 Å². The molecule has 26 heavy (non-hydrogen) atoms. The lowest BCUT2D eigenvalue weighted by Crippen LogP contribution is -2.33. The number of sulfonamides is 1. The number of unbranched alkanes of at least 4 members (excludes halogenated alkanes) is 2. The molecule has 0 aliphatic heterocycles. The Bertz CT molecular complexity index is 709. The Labute approximate surface area is 154 Å². The third-order valence-corrected chi connectivity index (χ3v) is 4.18. The SMILES string of the molecule is CC(C)(C)OC(=O)NCCCCCNC(=O)c1ccc(S(N)(=O)=O)cc1. The number of alkyl carbamates (subject to hydrolysis) is 1. The summed E-state index contributed by atoms with van der Waals surface area (Å²) in [6.07, 6.45) is 1.93. The highest BCUT2D eigenvalue weighted by Gasteiger charge is 2.15. The molecule has 0 atom stereocenters. The largest absolute Gasteiger partial charge is 0.444 e. The van der Waals surface area contributed by atoms with Crippen LogP contribution in [-0.2, 0) is 14.8 Å². The second-order valence-electron chi connectivity index (χ2n) is 6.81. The first-order chi connectivity index (χ1) is 12.0. The number of primary sulfonamides is 1. The van der Waals surface area contributed by atoms with E-state index in [4.69, 9.17) is 9.88 Å². The Kier molecular flexibility index (Phi) is 8.04. The fourth-order valence-corrected chi connectivity index (χ4v) is 2.55. The molecule has 0 saturated carbocycles. The van der Waals surface area contributed by atoms with Gasteiger partial charge < -0.3 is 15.4 Å². The van der Waals surface area contributed by atoms with Crippen LogP contribution < -0.4 is 15.8 Å². The summed E-state index contributed by atoms with van der Waals surface area (Å²) in [7, 11) is -3.76. The van der Waals surface area contributed by atoms with Crippen LogP contribution in [0.1, 0.15) is 50.4 Å². The lowest BCUT2D eigenvalue weighted by atomic mass is 10.2. The highest BCUT2D eigenvalue weighted by molar-refractivity contribution is 7.89. The van der Waals surface area contributed by atoms with E-state index in [1.165, 1.54) is 24.3 Å². The average Bonchev–Trinajstić information content (AvgIpc) is 2.51. The number of benzene rings is 1. The van der Waals surface area contributed by atoms with Crippen LogP contribution in [0.3, 0.4) is 0 Å². The van der Waals surface area contributed by atoms with Gasteiger partial charge in [0.2, 0.25) is 10.0 Å². The molecule has 1 aromatic carbocycles. The Hall–Kier alpha value is -2.13. The van der Waals surface area contributed by atoms with E-state index in [1.54, 1.807) is 20.8 Å². The maximum absolute atomic E-state index is 12.0. The molecule has 0 heterocycles. The highest BCUT2D eigenvalue weighted by Crippen LogP contribution is 2.09. The monoisotopic (exact) mass is 385 g/mol. The molecule has 0 aromatic heterocycles. The number of rotatable bonds is 8. The molecule has 0 aliphatic rings. The summed E-state index contributed by atoms with van der Waals surface area (Å²) >= 11 is 0. The number of hydrogen-bond donors (Lipinski definition) is 3. The molecule has 0 spiro atoms. The van der Waals surface area contributed by atoms with Crippen molar-refractivity contribution in [1.82, 2.24) is 10.6 Å². The van der Waals surface area contributed by atoms with Crippen molar-refractivity contribution in [3.05, 3.63) is 29.8 Å². The summed E-state index contributed by atoms with van der Waals surface area (Å²) in [5.41, 5.74) is -0.148. The van der Waals surface area contributed by atoms with E-state index >= 15 is 0 Å². The molecular formula is C17H27N3O5S. The number of ether oxygens (including phenoxy) is 1. The summed E-state index contributed by atoms with van der Waals surface area (Å²) in [6, 6.07) is 5.43. The molecule has 0 saturated heterocycles. The smallest absolute Gasteiger partial charge is 0.407 e. The van der Waals surface area contributed by atoms with Gasteiger partial charge in [-0.25, -0.2) is 18.4 Å². The summed E-state index contributed by atoms with van der Waals surface area (Å²) in [4.78, 5) is 23.4. The van der Waals surface area contributed by atoms with E-state index in [0.29, 0.717) is 18.7 Å². The second-order valence-corrected chi connectivity index (χ2v) is 8.38. The van der Waals surface area contributed by atoms with Gasteiger partial charge in [0.1, 0.15) is 5.60 Å². The Morgan fingerprint density at radius 1 is 1.00 bits per heavy atom. The van der Waals surface area contributed by atoms with Crippen LogP contribution in [0.15, 0.2) is 29.2 Å². The molecule has 146 valence electrons. The minimum absolute atomic E-state index is 0.0356. The van der Waals surface area contributed by atoms with Crippen molar-refractivity contribution in [2.45, 2.75) is 50.5 Å². The first-order valence-electron chi connectivity index (χ1n) is 8.37. The van der Waals surface area contributed by atoms with Crippen molar-refractivity contribution in [1.29, 1.82) is 0 Å². The van der Waals surface area contributed by atoms with Crippen LogP contribution in [0.5, 0.6) is 0 Å². The quantitative estimate of drug-likeness (QED) is 0.588. The van der Waals surface area contributed by atoms with Crippen LogP contribution in [-0.4, -0.2) is 39.1 Å². The van der Waals surface area contributed by atoms with Crippen LogP contribution in [0, 0.1) is 0 Å². The van der Waals surface area contributed by atoms with Gasteiger partial charge in [0.15, 0.2) is 0 Å². The van der Waals surface area contributed by atoms with E-state index < -0.39 is 21.7 Å². The van der Waals surface area contributed by atoms with E-state index in [2.05, 4.69) is 10.6 Å². The molecular weight excluding hydrogens is 358 g/mol. The van der Waals surface area contributed by atoms with Gasteiger partial charge in [-0.3, -0.25) is 4.79 Å². The topological polar surface area (TPSA) is 128 Å². The Morgan fingerprint density at radius 2 is 1.54 bits per heavy atom. The van der Waals surface area contributed by atoms with Crippen molar-refractivity contribution >= 4 is 22.0 Å². The van der Waals surface area contributed by atoms with Gasteiger partial charge >= 0.3 is 6.09 Å². The number of carbonyl (C=O) groups excluding carboxylic acids is 2. The van der Waals surface area contributed by atoms with Crippen molar-refractivity contribution < 1.29 is 22.7 Å². The molecule has 1 rings (SSSR count). The van der Waals surface area contributed by atoms with Gasteiger partial charge in [-0.2, -0.15) is 0 Å². The molecule has 1 aromatic rings.